The number of hydrogen-bond acceptors (Lipinski definition) is 7. The average Bonchev–Trinajstić information content (AvgIpc) is 3.22. The number of nitrogens with zero attached hydrogens (tertiary/aromatic N) is 2. The summed E-state index contributed by atoms with van der Waals surface area (Å²) < 4.78 is 12.1. The summed E-state index contributed by atoms with van der Waals surface area (Å²) in [4.78, 5) is 25.8. The minimum atomic E-state index is -0.520. The van der Waals surface area contributed by atoms with Crippen molar-refractivity contribution in [2.24, 2.45) is 0 Å². The van der Waals surface area contributed by atoms with Gasteiger partial charge in [-0.1, -0.05) is 6.07 Å². The van der Waals surface area contributed by atoms with Gasteiger partial charge in [0.05, 0.1) is 23.8 Å². The minimum absolute atomic E-state index is 0.0320. The highest BCUT2D eigenvalue weighted by atomic mass is 32.1. The fourth-order valence-corrected chi connectivity index (χ4v) is 3.37. The van der Waals surface area contributed by atoms with E-state index in [2.05, 4.69) is 10.4 Å². The lowest BCUT2D eigenvalue weighted by Gasteiger charge is -2.14. The molecule has 3 aromatic rings. The molecule has 0 fully saturated rings. The lowest BCUT2D eigenvalue weighted by atomic mass is 10.2. The SMILES string of the molecule is CCOc1ccc(OCC)c(NC(=O)Cn2nc(-c3cccs3)cc(N)c2=O)c1. The number of rotatable bonds is 8. The first-order chi connectivity index (χ1) is 14.0. The number of aromatic nitrogens is 2. The molecule has 0 aliphatic heterocycles. The van der Waals surface area contributed by atoms with E-state index in [1.807, 2.05) is 31.4 Å². The number of nitrogens with one attached hydrogen (secondary N) is 1. The summed E-state index contributed by atoms with van der Waals surface area (Å²) in [6, 6.07) is 10.4. The molecule has 0 atom stereocenters. The molecule has 2 heterocycles. The normalized spacial score (nSPS) is 10.6. The molecule has 2 aromatic heterocycles. The van der Waals surface area contributed by atoms with Crippen LogP contribution in [-0.2, 0) is 11.3 Å². The number of hydrogen-bond donors (Lipinski definition) is 2. The number of amides is 1. The maximum atomic E-state index is 12.6. The Bertz CT molecular complexity index is 1050. The highest BCUT2D eigenvalue weighted by Gasteiger charge is 2.14. The van der Waals surface area contributed by atoms with Crippen LogP contribution in [0.4, 0.5) is 11.4 Å². The molecule has 3 rings (SSSR count). The van der Waals surface area contributed by atoms with Crippen molar-refractivity contribution >= 4 is 28.6 Å². The molecule has 0 saturated carbocycles. The largest absolute Gasteiger partial charge is 0.494 e. The molecule has 0 bridgehead atoms. The number of carbonyl (C=O) groups is 1. The molecule has 0 aliphatic carbocycles. The van der Waals surface area contributed by atoms with Crippen LogP contribution in [-0.4, -0.2) is 28.9 Å². The van der Waals surface area contributed by atoms with Gasteiger partial charge in [-0.25, -0.2) is 4.68 Å². The van der Waals surface area contributed by atoms with E-state index in [0.29, 0.717) is 36.1 Å². The molecule has 0 spiro atoms. The standard InChI is InChI=1S/C20H22N4O4S/c1-3-27-13-7-8-17(28-4-2)15(10-13)22-19(25)12-24-20(26)14(21)11-16(23-24)18-6-5-9-29-18/h5-11H,3-4,12,21H2,1-2H3,(H,22,25). The Morgan fingerprint density at radius 2 is 2.00 bits per heavy atom. The average molecular weight is 414 g/mol. The second-order valence-electron chi connectivity index (χ2n) is 6.00. The topological polar surface area (TPSA) is 108 Å². The highest BCUT2D eigenvalue weighted by Crippen LogP contribution is 2.29. The molecule has 0 saturated heterocycles. The van der Waals surface area contributed by atoms with Gasteiger partial charge in [0.2, 0.25) is 5.91 Å². The predicted octanol–water partition coefficient (Wildman–Crippen LogP) is 2.99. The molecule has 29 heavy (non-hydrogen) atoms. The van der Waals surface area contributed by atoms with Crippen LogP contribution in [0, 0.1) is 0 Å². The summed E-state index contributed by atoms with van der Waals surface area (Å²) in [5, 5.41) is 8.94. The monoisotopic (exact) mass is 414 g/mol. The van der Waals surface area contributed by atoms with Crippen molar-refractivity contribution in [1.29, 1.82) is 0 Å². The summed E-state index contributed by atoms with van der Waals surface area (Å²) in [6.45, 7) is 4.38. The number of nitrogen functional groups attached to an aromatic ring is 1. The van der Waals surface area contributed by atoms with E-state index in [0.717, 1.165) is 9.56 Å². The zero-order valence-electron chi connectivity index (χ0n) is 16.2. The zero-order valence-corrected chi connectivity index (χ0v) is 17.0. The fraction of sp³-hybridized carbons (Fsp3) is 0.250. The number of ether oxygens (including phenoxy) is 2. The number of nitrogens with two attached hydrogens (primary N) is 1. The van der Waals surface area contributed by atoms with Crippen molar-refractivity contribution in [2.45, 2.75) is 20.4 Å². The Morgan fingerprint density at radius 1 is 1.21 bits per heavy atom. The zero-order chi connectivity index (χ0) is 20.8. The predicted molar refractivity (Wildman–Crippen MR) is 114 cm³/mol. The summed E-state index contributed by atoms with van der Waals surface area (Å²) in [5.41, 5.74) is 6.34. The Hall–Kier alpha value is -3.33. The Kier molecular flexibility index (Phi) is 6.50. The quantitative estimate of drug-likeness (QED) is 0.587. The third-order valence-electron chi connectivity index (χ3n) is 3.91. The summed E-state index contributed by atoms with van der Waals surface area (Å²) in [6.07, 6.45) is 0. The van der Waals surface area contributed by atoms with Crippen molar-refractivity contribution in [3.63, 3.8) is 0 Å². The van der Waals surface area contributed by atoms with Crippen LogP contribution in [0.15, 0.2) is 46.6 Å². The Labute approximate surface area is 171 Å². The van der Waals surface area contributed by atoms with Crippen molar-refractivity contribution in [2.75, 3.05) is 24.3 Å². The second kappa shape index (κ2) is 9.24. The maximum absolute atomic E-state index is 12.6. The molecule has 0 radical (unpaired) electrons. The van der Waals surface area contributed by atoms with Crippen LogP contribution in [0.3, 0.4) is 0 Å². The lowest BCUT2D eigenvalue weighted by molar-refractivity contribution is -0.117. The summed E-state index contributed by atoms with van der Waals surface area (Å²) in [5.74, 6) is 0.680. The number of benzene rings is 1. The molecular formula is C20H22N4O4S. The maximum Gasteiger partial charge on any atom is 0.290 e. The molecule has 152 valence electrons. The van der Waals surface area contributed by atoms with E-state index >= 15 is 0 Å². The van der Waals surface area contributed by atoms with Crippen molar-refractivity contribution in [1.82, 2.24) is 9.78 Å². The van der Waals surface area contributed by atoms with Crippen LogP contribution in [0.5, 0.6) is 11.5 Å². The molecule has 1 aromatic carbocycles. The van der Waals surface area contributed by atoms with E-state index in [4.69, 9.17) is 15.2 Å². The highest BCUT2D eigenvalue weighted by molar-refractivity contribution is 7.13. The van der Waals surface area contributed by atoms with Gasteiger partial charge in [-0.15, -0.1) is 11.3 Å². The summed E-state index contributed by atoms with van der Waals surface area (Å²) in [7, 11) is 0. The number of anilines is 2. The lowest BCUT2D eigenvalue weighted by Crippen LogP contribution is -2.31. The smallest absolute Gasteiger partial charge is 0.290 e. The molecular weight excluding hydrogens is 392 g/mol. The van der Waals surface area contributed by atoms with Gasteiger partial charge in [0, 0.05) is 6.07 Å². The van der Waals surface area contributed by atoms with Gasteiger partial charge in [-0.2, -0.15) is 5.10 Å². The van der Waals surface area contributed by atoms with E-state index in [9.17, 15) is 9.59 Å². The van der Waals surface area contributed by atoms with Crippen LogP contribution < -0.4 is 26.1 Å². The van der Waals surface area contributed by atoms with Crippen molar-refractivity contribution in [3.8, 4) is 22.1 Å². The van der Waals surface area contributed by atoms with Gasteiger partial charge in [0.15, 0.2) is 0 Å². The van der Waals surface area contributed by atoms with Gasteiger partial charge < -0.3 is 20.5 Å². The molecule has 0 aliphatic rings. The van der Waals surface area contributed by atoms with E-state index in [1.165, 1.54) is 17.4 Å². The van der Waals surface area contributed by atoms with E-state index in [1.54, 1.807) is 18.2 Å². The van der Waals surface area contributed by atoms with Crippen molar-refractivity contribution in [3.05, 3.63) is 52.1 Å². The number of thiophene rings is 1. The first-order valence-corrected chi connectivity index (χ1v) is 10.0. The van der Waals surface area contributed by atoms with Crippen LogP contribution in [0.2, 0.25) is 0 Å². The second-order valence-corrected chi connectivity index (χ2v) is 6.94. The van der Waals surface area contributed by atoms with E-state index < -0.39 is 11.5 Å². The molecule has 3 N–H and O–H groups in total. The van der Waals surface area contributed by atoms with Gasteiger partial charge in [-0.3, -0.25) is 9.59 Å². The Morgan fingerprint density at radius 3 is 2.69 bits per heavy atom. The van der Waals surface area contributed by atoms with E-state index in [-0.39, 0.29) is 12.2 Å². The van der Waals surface area contributed by atoms with Crippen LogP contribution in [0.25, 0.3) is 10.6 Å². The molecule has 9 heteroatoms. The van der Waals surface area contributed by atoms with Crippen LogP contribution >= 0.6 is 11.3 Å². The first-order valence-electron chi connectivity index (χ1n) is 9.12. The van der Waals surface area contributed by atoms with Gasteiger partial charge in [0.1, 0.15) is 29.4 Å². The Balaban J connectivity index is 1.84. The minimum Gasteiger partial charge on any atom is -0.494 e. The third-order valence-corrected chi connectivity index (χ3v) is 4.80. The number of carbonyl (C=O) groups excluding carboxylic acids is 1. The van der Waals surface area contributed by atoms with Crippen LogP contribution in [0.1, 0.15) is 13.8 Å². The van der Waals surface area contributed by atoms with Gasteiger partial charge >= 0.3 is 0 Å². The molecule has 8 nitrogen and oxygen atoms in total. The fourth-order valence-electron chi connectivity index (χ4n) is 2.68. The van der Waals surface area contributed by atoms with Gasteiger partial charge in [-0.05, 0) is 43.5 Å². The van der Waals surface area contributed by atoms with Gasteiger partial charge in [0.25, 0.3) is 5.56 Å². The molecule has 1 amide bonds. The molecule has 0 unspecified atom stereocenters. The summed E-state index contributed by atoms with van der Waals surface area (Å²) >= 11 is 1.47. The van der Waals surface area contributed by atoms with Crippen molar-refractivity contribution < 1.29 is 14.3 Å². The first kappa shape index (κ1) is 20.4. The third kappa shape index (κ3) is 4.94.